The molecule has 2 bridgehead atoms. The first-order chi connectivity index (χ1) is 14.9. The summed E-state index contributed by atoms with van der Waals surface area (Å²) >= 11 is 0. The second kappa shape index (κ2) is 7.98. The fourth-order valence-corrected chi connectivity index (χ4v) is 6.74. The fraction of sp³-hybridized carbons (Fsp3) is 0.500. The molecule has 0 aromatic heterocycles. The maximum Gasteiger partial charge on any atom is 0.109 e. The summed E-state index contributed by atoms with van der Waals surface area (Å²) in [5, 5.41) is 0. The molecule has 0 N–H and O–H groups in total. The van der Waals surface area contributed by atoms with Crippen LogP contribution in [0.4, 0.5) is 0 Å². The van der Waals surface area contributed by atoms with Gasteiger partial charge in [-0.25, -0.2) is 0 Å². The third kappa shape index (κ3) is 3.35. The van der Waals surface area contributed by atoms with Gasteiger partial charge >= 0.3 is 0 Å². The highest BCUT2D eigenvalue weighted by Crippen LogP contribution is 2.44. The third-order valence-corrected chi connectivity index (χ3v) is 8.07. The molecule has 0 amide bonds. The van der Waals surface area contributed by atoms with E-state index in [2.05, 4.69) is 65.6 Å². The van der Waals surface area contributed by atoms with Crippen molar-refractivity contribution in [2.75, 3.05) is 0 Å². The molecule has 2 heteroatoms. The van der Waals surface area contributed by atoms with Crippen molar-refractivity contribution >= 4 is 12.2 Å². The zero-order valence-electron chi connectivity index (χ0n) is 17.9. The molecule has 30 heavy (non-hydrogen) atoms. The van der Waals surface area contributed by atoms with Crippen LogP contribution >= 0.6 is 0 Å². The van der Waals surface area contributed by atoms with Crippen molar-refractivity contribution in [1.82, 2.24) is 4.90 Å². The van der Waals surface area contributed by atoms with Crippen LogP contribution < -0.4 is 0 Å². The van der Waals surface area contributed by atoms with E-state index in [0.717, 1.165) is 18.1 Å². The molecular weight excluding hydrogens is 366 g/mol. The van der Waals surface area contributed by atoms with Crippen LogP contribution in [0.2, 0.25) is 0 Å². The van der Waals surface area contributed by atoms with Crippen LogP contribution in [-0.4, -0.2) is 29.1 Å². The average Bonchev–Trinajstić information content (AvgIpc) is 2.97. The van der Waals surface area contributed by atoms with Crippen LogP contribution in [0.15, 0.2) is 48.5 Å². The number of benzene rings is 2. The lowest BCUT2D eigenvalue weighted by atomic mass is 9.89. The molecule has 4 aliphatic rings. The Morgan fingerprint density at radius 2 is 1.20 bits per heavy atom. The van der Waals surface area contributed by atoms with Crippen molar-refractivity contribution < 1.29 is 4.74 Å². The molecule has 6 rings (SSSR count). The largest absolute Gasteiger partial charge is 0.365 e. The zero-order chi connectivity index (χ0) is 19.9. The molecule has 2 nitrogen and oxygen atoms in total. The van der Waals surface area contributed by atoms with Crippen LogP contribution in [0.3, 0.4) is 0 Å². The van der Waals surface area contributed by atoms with E-state index < -0.39 is 0 Å². The van der Waals surface area contributed by atoms with Crippen molar-refractivity contribution in [3.63, 3.8) is 0 Å². The van der Waals surface area contributed by atoms with Gasteiger partial charge in [0, 0.05) is 18.1 Å². The number of piperidine rings is 1. The number of hydrogen-bond donors (Lipinski definition) is 0. The maximum atomic E-state index is 7.02. The summed E-state index contributed by atoms with van der Waals surface area (Å²) in [5.74, 6) is 0. The van der Waals surface area contributed by atoms with Crippen molar-refractivity contribution in [3.8, 4) is 0 Å². The number of fused-ring (bicyclic) bond motifs is 4. The molecule has 2 aliphatic carbocycles. The first-order valence-corrected chi connectivity index (χ1v) is 12.2. The Balaban J connectivity index is 1.26. The lowest BCUT2D eigenvalue weighted by Gasteiger charge is -2.45. The standard InChI is InChI=1S/C28H33NO/c1-2-10-22(11-3-1)29-23-16-17-24(29)19-25(18-23)30-28-26-12-6-4-8-20(26)14-15-21-9-5-7-13-27(21)28/h4-9,12-15,22-25,28H,1-3,10-11,16-19H2/t23-,24+,25?. The molecule has 3 fully saturated rings. The van der Waals surface area contributed by atoms with Crippen LogP contribution in [0, 0.1) is 0 Å². The van der Waals surface area contributed by atoms with Gasteiger partial charge in [-0.3, -0.25) is 4.90 Å². The Kier molecular flexibility index (Phi) is 5.01. The molecule has 0 spiro atoms. The summed E-state index contributed by atoms with van der Waals surface area (Å²) < 4.78 is 7.02. The minimum atomic E-state index is 0.0398. The van der Waals surface area contributed by atoms with Gasteiger partial charge in [0.1, 0.15) is 6.10 Å². The minimum Gasteiger partial charge on any atom is -0.365 e. The predicted molar refractivity (Wildman–Crippen MR) is 123 cm³/mol. The van der Waals surface area contributed by atoms with Crippen molar-refractivity contribution in [1.29, 1.82) is 0 Å². The van der Waals surface area contributed by atoms with Gasteiger partial charge in [0.25, 0.3) is 0 Å². The summed E-state index contributed by atoms with van der Waals surface area (Å²) in [7, 11) is 0. The molecule has 1 saturated carbocycles. The second-order valence-corrected chi connectivity index (χ2v) is 9.82. The second-order valence-electron chi connectivity index (χ2n) is 9.82. The van der Waals surface area contributed by atoms with Gasteiger partial charge in [-0.1, -0.05) is 79.9 Å². The normalized spacial score (nSPS) is 29.4. The van der Waals surface area contributed by atoms with E-state index in [4.69, 9.17) is 4.74 Å². The lowest BCUT2D eigenvalue weighted by Crippen LogP contribution is -2.51. The summed E-state index contributed by atoms with van der Waals surface area (Å²) in [5.41, 5.74) is 5.23. The SMILES string of the molecule is C1=Cc2ccccc2C(OC2C[C@H]3CC[C@@H](C2)N3C2CCCCC2)c2ccccc21. The number of nitrogens with zero attached hydrogens (tertiary/aromatic N) is 1. The van der Waals surface area contributed by atoms with Crippen molar-refractivity contribution in [2.24, 2.45) is 0 Å². The predicted octanol–water partition coefficient (Wildman–Crippen LogP) is 6.60. The van der Waals surface area contributed by atoms with Gasteiger partial charge in [0.2, 0.25) is 0 Å². The van der Waals surface area contributed by atoms with Crippen LogP contribution in [0.1, 0.15) is 86.1 Å². The van der Waals surface area contributed by atoms with Gasteiger partial charge < -0.3 is 4.74 Å². The summed E-state index contributed by atoms with van der Waals surface area (Å²) in [6.45, 7) is 0. The van der Waals surface area contributed by atoms with E-state index in [1.54, 1.807) is 0 Å². The molecule has 2 saturated heterocycles. The molecular formula is C28H33NO. The Labute approximate surface area is 180 Å². The van der Waals surface area contributed by atoms with Gasteiger partial charge in [-0.15, -0.1) is 0 Å². The van der Waals surface area contributed by atoms with Crippen LogP contribution in [0.25, 0.3) is 12.2 Å². The van der Waals surface area contributed by atoms with E-state index in [1.165, 1.54) is 80.0 Å². The highest BCUT2D eigenvalue weighted by molar-refractivity contribution is 5.76. The first-order valence-electron chi connectivity index (χ1n) is 12.2. The number of ether oxygens (including phenoxy) is 1. The van der Waals surface area contributed by atoms with E-state index in [9.17, 15) is 0 Å². The molecule has 2 aromatic rings. The first kappa shape index (κ1) is 18.8. The van der Waals surface area contributed by atoms with E-state index >= 15 is 0 Å². The third-order valence-electron chi connectivity index (χ3n) is 8.07. The Bertz CT molecular complexity index is 864. The fourth-order valence-electron chi connectivity index (χ4n) is 6.74. The molecule has 2 aliphatic heterocycles. The topological polar surface area (TPSA) is 12.5 Å². The van der Waals surface area contributed by atoms with Crippen LogP contribution in [-0.2, 0) is 4.74 Å². The Hall–Kier alpha value is -1.90. The van der Waals surface area contributed by atoms with Gasteiger partial charge in [0.15, 0.2) is 0 Å². The summed E-state index contributed by atoms with van der Waals surface area (Å²) in [6, 6.07) is 19.9. The maximum absolute atomic E-state index is 7.02. The molecule has 1 unspecified atom stereocenters. The van der Waals surface area contributed by atoms with E-state index in [1.807, 2.05) is 0 Å². The molecule has 2 aromatic carbocycles. The zero-order valence-corrected chi connectivity index (χ0v) is 17.9. The monoisotopic (exact) mass is 399 g/mol. The molecule has 0 radical (unpaired) electrons. The summed E-state index contributed by atoms with van der Waals surface area (Å²) in [4.78, 5) is 2.94. The van der Waals surface area contributed by atoms with Gasteiger partial charge in [0.05, 0.1) is 6.10 Å². The van der Waals surface area contributed by atoms with E-state index in [-0.39, 0.29) is 6.10 Å². The Morgan fingerprint density at radius 1 is 0.633 bits per heavy atom. The lowest BCUT2D eigenvalue weighted by molar-refractivity contribution is -0.0615. The Morgan fingerprint density at radius 3 is 1.80 bits per heavy atom. The van der Waals surface area contributed by atoms with Crippen LogP contribution in [0.5, 0.6) is 0 Å². The molecule has 3 atom stereocenters. The highest BCUT2D eigenvalue weighted by Gasteiger charge is 2.45. The summed E-state index contributed by atoms with van der Waals surface area (Å²) in [6.07, 6.45) is 17.3. The molecule has 2 heterocycles. The van der Waals surface area contributed by atoms with Gasteiger partial charge in [-0.2, -0.15) is 0 Å². The average molecular weight is 400 g/mol. The smallest absolute Gasteiger partial charge is 0.109 e. The number of rotatable bonds is 3. The minimum absolute atomic E-state index is 0.0398. The van der Waals surface area contributed by atoms with Gasteiger partial charge in [-0.05, 0) is 60.8 Å². The van der Waals surface area contributed by atoms with Crippen molar-refractivity contribution in [2.45, 2.75) is 88.1 Å². The quantitative estimate of drug-likeness (QED) is 0.576. The van der Waals surface area contributed by atoms with E-state index in [0.29, 0.717) is 6.10 Å². The van der Waals surface area contributed by atoms with Crippen molar-refractivity contribution in [3.05, 3.63) is 70.8 Å². The number of hydrogen-bond acceptors (Lipinski definition) is 2. The molecule has 156 valence electrons. The highest BCUT2D eigenvalue weighted by atomic mass is 16.5.